The van der Waals surface area contributed by atoms with Crippen molar-refractivity contribution < 1.29 is 21.9 Å². The van der Waals surface area contributed by atoms with Gasteiger partial charge in [0, 0.05) is 24.9 Å². The monoisotopic (exact) mass is 533 g/mol. The summed E-state index contributed by atoms with van der Waals surface area (Å²) in [6.07, 6.45) is 1.74. The molecule has 6 nitrogen and oxygen atoms in total. The molecule has 28 heavy (non-hydrogen) atoms. The largest absolute Gasteiger partial charge is 0.434 e. The number of benzene rings is 1. The van der Waals surface area contributed by atoms with Gasteiger partial charge in [0.2, 0.25) is 0 Å². The van der Waals surface area contributed by atoms with Crippen molar-refractivity contribution in [2.75, 3.05) is 25.1 Å². The van der Waals surface area contributed by atoms with E-state index in [1.807, 2.05) is 20.8 Å². The summed E-state index contributed by atoms with van der Waals surface area (Å²) in [6.45, 7) is 4.29. The van der Waals surface area contributed by atoms with Crippen LogP contribution in [0.3, 0.4) is 0 Å². The quantitative estimate of drug-likeness (QED) is 0.274. The van der Waals surface area contributed by atoms with Crippen LogP contribution in [0.25, 0.3) is 0 Å². The number of ether oxygens (including phenoxy) is 1. The van der Waals surface area contributed by atoms with Crippen LogP contribution >= 0.6 is 24.0 Å². The van der Waals surface area contributed by atoms with E-state index >= 15 is 0 Å². The maximum Gasteiger partial charge on any atom is 0.387 e. The van der Waals surface area contributed by atoms with Crippen LogP contribution < -0.4 is 15.4 Å². The Bertz CT molecular complexity index is 729. The molecule has 0 amide bonds. The van der Waals surface area contributed by atoms with Crippen molar-refractivity contribution in [1.29, 1.82) is 0 Å². The van der Waals surface area contributed by atoms with E-state index < -0.39 is 16.4 Å². The minimum absolute atomic E-state index is 0. The van der Waals surface area contributed by atoms with Crippen molar-refractivity contribution in [2.45, 2.75) is 40.3 Å². The van der Waals surface area contributed by atoms with Gasteiger partial charge < -0.3 is 15.4 Å². The van der Waals surface area contributed by atoms with Crippen LogP contribution in [0.2, 0.25) is 0 Å². The highest BCUT2D eigenvalue weighted by Gasteiger charge is 2.20. The molecule has 1 aromatic rings. The molecule has 0 radical (unpaired) electrons. The highest BCUT2D eigenvalue weighted by Crippen LogP contribution is 2.21. The second kappa shape index (κ2) is 12.4. The fourth-order valence-corrected chi connectivity index (χ4v) is 3.15. The summed E-state index contributed by atoms with van der Waals surface area (Å²) in [7, 11) is -3.02. The molecule has 0 atom stereocenters. The van der Waals surface area contributed by atoms with Crippen LogP contribution in [0.4, 0.5) is 8.78 Å². The Morgan fingerprint density at radius 1 is 1.25 bits per heavy atom. The fraction of sp³-hybridized carbons (Fsp3) is 0.611. The number of aliphatic imine (C=N–C) groups is 1. The maximum atomic E-state index is 12.5. The van der Waals surface area contributed by atoms with Crippen LogP contribution in [0, 0.1) is 5.41 Å². The molecule has 0 fully saturated rings. The van der Waals surface area contributed by atoms with Gasteiger partial charge in [0.1, 0.15) is 15.6 Å². The molecule has 0 unspecified atom stereocenters. The molecular weight excluding hydrogens is 503 g/mol. The molecular formula is C18H30F2IN3O3S. The zero-order valence-corrected chi connectivity index (χ0v) is 19.8. The van der Waals surface area contributed by atoms with Gasteiger partial charge in [0.25, 0.3) is 0 Å². The van der Waals surface area contributed by atoms with E-state index in [4.69, 9.17) is 0 Å². The number of guanidine groups is 1. The second-order valence-corrected chi connectivity index (χ2v) is 9.34. The van der Waals surface area contributed by atoms with Gasteiger partial charge in [-0.25, -0.2) is 13.4 Å². The predicted octanol–water partition coefficient (Wildman–Crippen LogP) is 3.42. The molecule has 0 bridgehead atoms. The molecule has 0 saturated heterocycles. The summed E-state index contributed by atoms with van der Waals surface area (Å²) in [5.74, 6) is 0.741. The molecule has 0 spiro atoms. The first kappa shape index (κ1) is 26.8. The third-order valence-corrected chi connectivity index (χ3v) is 4.77. The normalized spacial score (nSPS) is 12.5. The first-order valence-corrected chi connectivity index (χ1v) is 10.8. The van der Waals surface area contributed by atoms with Crippen LogP contribution in [-0.2, 0) is 16.4 Å². The van der Waals surface area contributed by atoms with E-state index in [0.29, 0.717) is 31.0 Å². The van der Waals surface area contributed by atoms with E-state index in [1.54, 1.807) is 18.2 Å². The van der Waals surface area contributed by atoms with E-state index in [-0.39, 0.29) is 47.4 Å². The third-order valence-electron chi connectivity index (χ3n) is 3.82. The van der Waals surface area contributed by atoms with Crippen molar-refractivity contribution in [3.05, 3.63) is 29.8 Å². The molecule has 0 saturated carbocycles. The number of nitrogens with zero attached hydrogens (tertiary/aromatic N) is 1. The molecule has 0 aliphatic carbocycles. The smallest absolute Gasteiger partial charge is 0.387 e. The molecule has 0 aliphatic heterocycles. The van der Waals surface area contributed by atoms with E-state index in [1.165, 1.54) is 12.3 Å². The number of halogens is 3. The number of alkyl halides is 2. The topological polar surface area (TPSA) is 79.8 Å². The lowest BCUT2D eigenvalue weighted by molar-refractivity contribution is -0.0504. The Hall–Kier alpha value is -1.17. The van der Waals surface area contributed by atoms with Crippen LogP contribution in [-0.4, -0.2) is 46.1 Å². The average Bonchev–Trinajstić information content (AvgIpc) is 2.56. The van der Waals surface area contributed by atoms with E-state index in [2.05, 4.69) is 20.4 Å². The molecule has 0 heterocycles. The van der Waals surface area contributed by atoms with E-state index in [0.717, 1.165) is 0 Å². The number of hydrogen-bond donors (Lipinski definition) is 2. The van der Waals surface area contributed by atoms with Crippen molar-refractivity contribution in [3.63, 3.8) is 0 Å². The number of para-hydroxylation sites is 1. The summed E-state index contributed by atoms with van der Waals surface area (Å²) in [6, 6.07) is 6.52. The minimum Gasteiger partial charge on any atom is -0.434 e. The number of sulfone groups is 1. The Morgan fingerprint density at radius 2 is 1.89 bits per heavy atom. The van der Waals surface area contributed by atoms with Crippen molar-refractivity contribution >= 4 is 39.8 Å². The lowest BCUT2D eigenvalue weighted by Crippen LogP contribution is -2.42. The van der Waals surface area contributed by atoms with Gasteiger partial charge in [-0.05, 0) is 24.8 Å². The highest BCUT2D eigenvalue weighted by atomic mass is 127. The van der Waals surface area contributed by atoms with Crippen LogP contribution in [0.15, 0.2) is 29.3 Å². The zero-order valence-electron chi connectivity index (χ0n) is 16.7. The number of rotatable bonds is 10. The van der Waals surface area contributed by atoms with Gasteiger partial charge in [-0.2, -0.15) is 8.78 Å². The Kier molecular flexibility index (Phi) is 11.9. The summed E-state index contributed by atoms with van der Waals surface area (Å²) < 4.78 is 52.3. The first-order valence-electron chi connectivity index (χ1n) is 8.75. The van der Waals surface area contributed by atoms with Crippen molar-refractivity contribution in [1.82, 2.24) is 10.6 Å². The van der Waals surface area contributed by atoms with Crippen molar-refractivity contribution in [2.24, 2.45) is 10.4 Å². The van der Waals surface area contributed by atoms with Crippen LogP contribution in [0.1, 0.15) is 32.8 Å². The van der Waals surface area contributed by atoms with Gasteiger partial charge in [0.15, 0.2) is 5.96 Å². The van der Waals surface area contributed by atoms with Crippen molar-refractivity contribution in [3.8, 4) is 5.75 Å². The second-order valence-electron chi connectivity index (χ2n) is 7.08. The van der Waals surface area contributed by atoms with E-state index in [9.17, 15) is 17.2 Å². The molecule has 0 aromatic heterocycles. The summed E-state index contributed by atoms with van der Waals surface area (Å²) >= 11 is 0. The molecule has 10 heteroatoms. The average molecular weight is 533 g/mol. The molecule has 0 aliphatic rings. The number of nitrogens with one attached hydrogen (secondary N) is 2. The maximum absolute atomic E-state index is 12.5. The van der Waals surface area contributed by atoms with Gasteiger partial charge in [0.05, 0.1) is 12.3 Å². The van der Waals surface area contributed by atoms with Gasteiger partial charge >= 0.3 is 6.61 Å². The summed E-state index contributed by atoms with van der Waals surface area (Å²) in [5.41, 5.74) is 0.294. The van der Waals surface area contributed by atoms with Crippen LogP contribution in [0.5, 0.6) is 5.75 Å². The SMILES string of the molecule is CCNC(=NCc1ccccc1OC(F)F)NCC(C)(C)CCS(C)(=O)=O.I. The number of hydrogen-bond acceptors (Lipinski definition) is 4. The summed E-state index contributed by atoms with van der Waals surface area (Å²) in [4.78, 5) is 4.41. The standard InChI is InChI=1S/C18H29F2N3O3S.HI/c1-5-21-17(23-13-18(2,3)10-11-27(4,24)25)22-12-14-8-6-7-9-15(14)26-16(19)20;/h6-9,16H,5,10-13H2,1-4H3,(H2,21,22,23);1H. The third kappa shape index (κ3) is 11.6. The van der Waals surface area contributed by atoms with Gasteiger partial charge in [-0.1, -0.05) is 32.0 Å². The zero-order chi connectivity index (χ0) is 20.5. The minimum atomic E-state index is -3.02. The van der Waals surface area contributed by atoms with Gasteiger partial charge in [-0.15, -0.1) is 24.0 Å². The lowest BCUT2D eigenvalue weighted by Gasteiger charge is -2.25. The summed E-state index contributed by atoms with van der Waals surface area (Å²) in [5, 5.41) is 6.27. The Labute approximate surface area is 183 Å². The Morgan fingerprint density at radius 3 is 2.46 bits per heavy atom. The highest BCUT2D eigenvalue weighted by molar-refractivity contribution is 14.0. The fourth-order valence-electron chi connectivity index (χ4n) is 2.22. The predicted molar refractivity (Wildman–Crippen MR) is 119 cm³/mol. The lowest BCUT2D eigenvalue weighted by atomic mass is 9.90. The molecule has 162 valence electrons. The molecule has 2 N–H and O–H groups in total. The molecule has 1 aromatic carbocycles. The van der Waals surface area contributed by atoms with Gasteiger partial charge in [-0.3, -0.25) is 0 Å². The first-order chi connectivity index (χ1) is 12.5. The Balaban J connectivity index is 0.00000729. The molecule has 1 rings (SSSR count).